The van der Waals surface area contributed by atoms with Gasteiger partial charge in [-0.2, -0.15) is 11.8 Å². The van der Waals surface area contributed by atoms with Gasteiger partial charge in [0.25, 0.3) is 0 Å². The molecule has 4 amide bonds. The number of carboxylic acids is 1. The van der Waals surface area contributed by atoms with Crippen LogP contribution in [0.1, 0.15) is 83.5 Å². The van der Waals surface area contributed by atoms with Crippen molar-refractivity contribution in [2.75, 3.05) is 57.6 Å². The quantitative estimate of drug-likeness (QED) is 0.0629. The number of primary amides is 1. The van der Waals surface area contributed by atoms with E-state index in [9.17, 15) is 24.0 Å². The Hall–Kier alpha value is -2.42. The molecule has 0 aromatic rings. The number of thioether (sulfide) groups is 1. The molecule has 0 bridgehead atoms. The van der Waals surface area contributed by atoms with Gasteiger partial charge in [0.15, 0.2) is 0 Å². The second-order valence-corrected chi connectivity index (χ2v) is 11.1. The maximum atomic E-state index is 12.6. The molecule has 14 heteroatoms. The van der Waals surface area contributed by atoms with Gasteiger partial charge < -0.3 is 42.0 Å². The molecule has 8 N–H and O–H groups in total. The average Bonchev–Trinajstić information content (AvgIpc) is 2.94. The number of carbonyl (C=O) groups excluding carboxylic acids is 4. The minimum atomic E-state index is -0.731. The summed E-state index contributed by atoms with van der Waals surface area (Å²) in [6, 6.07) is -0.672. The van der Waals surface area contributed by atoms with E-state index in [1.165, 1.54) is 11.8 Å². The molecule has 0 radical (unpaired) electrons. The molecular formula is C28H53N5O8S. The lowest BCUT2D eigenvalue weighted by Gasteiger charge is -2.18. The predicted octanol–water partition coefficient (Wildman–Crippen LogP) is 1.07. The summed E-state index contributed by atoms with van der Waals surface area (Å²) in [5.41, 5.74) is 10.6. The van der Waals surface area contributed by atoms with Gasteiger partial charge in [0.2, 0.25) is 23.6 Å². The smallest absolute Gasteiger partial charge is 0.303 e. The van der Waals surface area contributed by atoms with Crippen LogP contribution in [0.25, 0.3) is 0 Å². The van der Waals surface area contributed by atoms with Gasteiger partial charge in [-0.3, -0.25) is 24.0 Å². The highest BCUT2D eigenvalue weighted by Crippen LogP contribution is 2.09. The van der Waals surface area contributed by atoms with Crippen LogP contribution in [0.4, 0.5) is 0 Å². The molecule has 0 fully saturated rings. The van der Waals surface area contributed by atoms with Gasteiger partial charge in [-0.25, -0.2) is 0 Å². The van der Waals surface area contributed by atoms with Crippen molar-refractivity contribution in [1.82, 2.24) is 16.0 Å². The second-order valence-electron chi connectivity index (χ2n) is 9.95. The molecule has 0 heterocycles. The molecule has 244 valence electrons. The Labute approximate surface area is 254 Å². The highest BCUT2D eigenvalue weighted by molar-refractivity contribution is 7.99. The molecule has 0 unspecified atom stereocenters. The molecule has 1 atom stereocenters. The molecule has 0 aliphatic carbocycles. The fourth-order valence-corrected chi connectivity index (χ4v) is 4.54. The van der Waals surface area contributed by atoms with Crippen LogP contribution in [0.15, 0.2) is 0 Å². The molecule has 0 saturated carbocycles. The molecule has 0 rings (SSSR count). The molecular weight excluding hydrogens is 566 g/mol. The van der Waals surface area contributed by atoms with Crippen molar-refractivity contribution in [1.29, 1.82) is 0 Å². The third-order valence-electron chi connectivity index (χ3n) is 6.11. The number of hydrogen-bond donors (Lipinski definition) is 6. The van der Waals surface area contributed by atoms with E-state index < -0.39 is 17.9 Å². The van der Waals surface area contributed by atoms with Gasteiger partial charge in [-0.05, 0) is 38.6 Å². The fraction of sp³-hybridized carbons (Fsp3) is 0.821. The van der Waals surface area contributed by atoms with Crippen molar-refractivity contribution < 1.29 is 38.6 Å². The van der Waals surface area contributed by atoms with Crippen LogP contribution in [0.3, 0.4) is 0 Å². The molecule has 0 aliphatic rings. The first-order valence-corrected chi connectivity index (χ1v) is 16.2. The Bertz CT molecular complexity index is 760. The molecule has 0 aromatic carbocycles. The van der Waals surface area contributed by atoms with Gasteiger partial charge in [0.05, 0.1) is 25.6 Å². The Morgan fingerprint density at radius 1 is 0.738 bits per heavy atom. The first kappa shape index (κ1) is 39.6. The van der Waals surface area contributed by atoms with Gasteiger partial charge >= 0.3 is 5.97 Å². The zero-order chi connectivity index (χ0) is 31.3. The Kier molecular flexibility index (Phi) is 27.0. The molecule has 0 aromatic heterocycles. The van der Waals surface area contributed by atoms with Crippen LogP contribution in [-0.2, 0) is 33.4 Å². The number of aliphatic carboxylic acids is 1. The number of carbonyl (C=O) groups is 5. The topological polar surface area (TPSA) is 212 Å². The van der Waals surface area contributed by atoms with Crippen molar-refractivity contribution in [3.05, 3.63) is 0 Å². The minimum Gasteiger partial charge on any atom is -0.481 e. The van der Waals surface area contributed by atoms with Crippen LogP contribution in [0.2, 0.25) is 0 Å². The maximum Gasteiger partial charge on any atom is 0.303 e. The van der Waals surface area contributed by atoms with Crippen LogP contribution >= 0.6 is 11.8 Å². The molecule has 0 saturated heterocycles. The van der Waals surface area contributed by atoms with Gasteiger partial charge in [0.1, 0.15) is 12.6 Å². The van der Waals surface area contributed by atoms with Crippen LogP contribution in [-0.4, -0.2) is 98.3 Å². The zero-order valence-corrected chi connectivity index (χ0v) is 25.8. The lowest BCUT2D eigenvalue weighted by molar-refractivity contribution is -0.137. The number of nitrogens with one attached hydrogen (secondary N) is 3. The average molecular weight is 620 g/mol. The standard InChI is InChI=1S/C28H53N5O8S/c29-14-9-8-11-23(33-25(35)13-20-42-22-24(30)34)28(39)32-16-17-40-18-19-41-21-26(36)31-15-10-6-4-2-1-3-5-7-12-27(37)38/h23H,1-22,29H2,(H2,30,34)(H,31,36)(H,32,39)(H,33,35)(H,37,38)/t23-/m0/s1. The van der Waals surface area contributed by atoms with Crippen LogP contribution < -0.4 is 27.4 Å². The first-order valence-electron chi connectivity index (χ1n) is 15.0. The van der Waals surface area contributed by atoms with E-state index in [4.69, 9.17) is 26.0 Å². The number of carboxylic acid groups (broad SMARTS) is 1. The summed E-state index contributed by atoms with van der Waals surface area (Å²) < 4.78 is 10.8. The molecule has 42 heavy (non-hydrogen) atoms. The van der Waals surface area contributed by atoms with E-state index >= 15 is 0 Å². The number of ether oxygens (including phenoxy) is 2. The monoisotopic (exact) mass is 619 g/mol. The van der Waals surface area contributed by atoms with E-state index in [1.807, 2.05) is 0 Å². The number of amides is 4. The Morgan fingerprint density at radius 3 is 2.07 bits per heavy atom. The van der Waals surface area contributed by atoms with Crippen molar-refractivity contribution in [3.63, 3.8) is 0 Å². The normalized spacial score (nSPS) is 11.5. The summed E-state index contributed by atoms with van der Waals surface area (Å²) in [5.74, 6) is -1.32. The molecule has 0 spiro atoms. The summed E-state index contributed by atoms with van der Waals surface area (Å²) in [5, 5.41) is 16.9. The highest BCUT2D eigenvalue weighted by atomic mass is 32.2. The number of nitrogens with two attached hydrogens (primary N) is 2. The lowest BCUT2D eigenvalue weighted by Crippen LogP contribution is -2.47. The van der Waals surface area contributed by atoms with E-state index in [1.54, 1.807) is 0 Å². The van der Waals surface area contributed by atoms with E-state index in [-0.39, 0.29) is 69.3 Å². The summed E-state index contributed by atoms with van der Waals surface area (Å²) in [6.07, 6.45) is 10.4. The second kappa shape index (κ2) is 28.7. The largest absolute Gasteiger partial charge is 0.481 e. The zero-order valence-electron chi connectivity index (χ0n) is 25.0. The van der Waals surface area contributed by atoms with Gasteiger partial charge in [0, 0.05) is 31.7 Å². The highest BCUT2D eigenvalue weighted by Gasteiger charge is 2.20. The number of unbranched alkanes of at least 4 members (excludes halogenated alkanes) is 8. The van der Waals surface area contributed by atoms with Gasteiger partial charge in [-0.1, -0.05) is 38.5 Å². The third kappa shape index (κ3) is 27.7. The Morgan fingerprint density at radius 2 is 1.40 bits per heavy atom. The Balaban J connectivity index is 3.80. The molecule has 0 aliphatic heterocycles. The van der Waals surface area contributed by atoms with E-state index in [0.29, 0.717) is 31.7 Å². The van der Waals surface area contributed by atoms with Crippen molar-refractivity contribution in [2.24, 2.45) is 11.5 Å². The first-order chi connectivity index (χ1) is 20.3. The van der Waals surface area contributed by atoms with Crippen molar-refractivity contribution >= 4 is 41.4 Å². The number of hydrogen-bond acceptors (Lipinski definition) is 9. The van der Waals surface area contributed by atoms with Gasteiger partial charge in [-0.15, -0.1) is 0 Å². The van der Waals surface area contributed by atoms with Crippen LogP contribution in [0, 0.1) is 0 Å². The third-order valence-corrected chi connectivity index (χ3v) is 7.09. The summed E-state index contributed by atoms with van der Waals surface area (Å²) in [6.45, 7) is 2.13. The minimum absolute atomic E-state index is 0.0400. The fourth-order valence-electron chi connectivity index (χ4n) is 3.86. The SMILES string of the molecule is NCCCC[C@H](NC(=O)CCSCC(N)=O)C(=O)NCCOCCOCC(=O)NCCCCCCCCCCC(=O)O. The van der Waals surface area contributed by atoms with Crippen LogP contribution in [0.5, 0.6) is 0 Å². The number of rotatable bonds is 30. The van der Waals surface area contributed by atoms with E-state index in [0.717, 1.165) is 57.8 Å². The van der Waals surface area contributed by atoms with E-state index in [2.05, 4.69) is 16.0 Å². The summed E-state index contributed by atoms with van der Waals surface area (Å²) >= 11 is 1.27. The summed E-state index contributed by atoms with van der Waals surface area (Å²) in [7, 11) is 0. The molecule has 13 nitrogen and oxygen atoms in total. The van der Waals surface area contributed by atoms with Crippen molar-refractivity contribution in [2.45, 2.75) is 89.5 Å². The van der Waals surface area contributed by atoms with Crippen molar-refractivity contribution in [3.8, 4) is 0 Å². The predicted molar refractivity (Wildman–Crippen MR) is 163 cm³/mol. The maximum absolute atomic E-state index is 12.6. The summed E-state index contributed by atoms with van der Waals surface area (Å²) in [4.78, 5) is 57.9. The lowest BCUT2D eigenvalue weighted by atomic mass is 10.1.